The lowest BCUT2D eigenvalue weighted by atomic mass is 10.2. The number of para-hydroxylation sites is 1. The summed E-state index contributed by atoms with van der Waals surface area (Å²) in [5.41, 5.74) is 4.20. The zero-order chi connectivity index (χ0) is 20.1. The van der Waals surface area contributed by atoms with Crippen molar-refractivity contribution in [1.29, 1.82) is 0 Å². The van der Waals surface area contributed by atoms with Crippen LogP contribution in [-0.4, -0.2) is 35.0 Å². The lowest BCUT2D eigenvalue weighted by Crippen LogP contribution is -2.30. The molecule has 5 heteroatoms. The second-order valence-electron chi connectivity index (χ2n) is 6.77. The predicted molar refractivity (Wildman–Crippen MR) is 108 cm³/mol. The summed E-state index contributed by atoms with van der Waals surface area (Å²) in [5, 5.41) is 0. The van der Waals surface area contributed by atoms with Gasteiger partial charge in [-0.15, -0.1) is 0 Å². The second kappa shape index (κ2) is 8.57. The van der Waals surface area contributed by atoms with Crippen molar-refractivity contribution in [2.75, 3.05) is 13.7 Å². The molecule has 0 aliphatic carbocycles. The number of hydrogen-bond donors (Lipinski definition) is 0. The monoisotopic (exact) mass is 376 g/mol. The first-order valence-corrected chi connectivity index (χ1v) is 9.16. The second-order valence-corrected chi connectivity index (χ2v) is 6.77. The van der Waals surface area contributed by atoms with Crippen LogP contribution >= 0.6 is 0 Å². The molecule has 0 fully saturated rings. The number of ether oxygens (including phenoxy) is 1. The molecule has 3 rings (SSSR count). The summed E-state index contributed by atoms with van der Waals surface area (Å²) >= 11 is 0. The van der Waals surface area contributed by atoms with E-state index in [0.717, 1.165) is 22.6 Å². The third-order valence-electron chi connectivity index (χ3n) is 4.68. The number of carbonyl (C=O) groups excluding carboxylic acids is 2. The molecule has 0 atom stereocenters. The molecule has 2 aromatic carbocycles. The van der Waals surface area contributed by atoms with Gasteiger partial charge in [-0.2, -0.15) is 0 Å². The molecular formula is C23H24N2O3. The molecule has 0 bridgehead atoms. The van der Waals surface area contributed by atoms with E-state index in [4.69, 9.17) is 4.74 Å². The van der Waals surface area contributed by atoms with Crippen molar-refractivity contribution in [1.82, 2.24) is 9.47 Å². The lowest BCUT2D eigenvalue weighted by molar-refractivity contribution is -0.133. The van der Waals surface area contributed by atoms with Gasteiger partial charge in [0, 0.05) is 30.7 Å². The van der Waals surface area contributed by atoms with Crippen LogP contribution in [0.3, 0.4) is 0 Å². The number of carbonyl (C=O) groups is 2. The van der Waals surface area contributed by atoms with E-state index in [1.165, 1.54) is 0 Å². The number of amides is 1. The highest BCUT2D eigenvalue weighted by Gasteiger charge is 2.19. The van der Waals surface area contributed by atoms with Crippen LogP contribution in [0.1, 0.15) is 27.3 Å². The zero-order valence-electron chi connectivity index (χ0n) is 16.4. The fraction of sp³-hybridized carbons (Fsp3) is 0.217. The zero-order valence-corrected chi connectivity index (χ0v) is 16.4. The Hall–Kier alpha value is -3.34. The number of likely N-dealkylation sites (N-methyl/N-ethyl adjacent to an activating group) is 1. The van der Waals surface area contributed by atoms with Crippen molar-refractivity contribution in [2.45, 2.75) is 20.4 Å². The minimum atomic E-state index is -0.489. The van der Waals surface area contributed by atoms with E-state index >= 15 is 0 Å². The smallest absolute Gasteiger partial charge is 0.340 e. The maximum Gasteiger partial charge on any atom is 0.340 e. The standard InChI is InChI=1S/C23H24N2O3/c1-17-14-21(18(2)25(17)20-12-8-5-9-13-20)23(27)28-16-22(26)24(3)15-19-10-6-4-7-11-19/h4-14H,15-16H2,1-3H3. The molecule has 0 radical (unpaired) electrons. The molecule has 0 aliphatic heterocycles. The van der Waals surface area contributed by atoms with Gasteiger partial charge in [-0.3, -0.25) is 4.79 Å². The largest absolute Gasteiger partial charge is 0.452 e. The molecule has 1 aromatic heterocycles. The van der Waals surface area contributed by atoms with E-state index in [9.17, 15) is 9.59 Å². The van der Waals surface area contributed by atoms with Gasteiger partial charge >= 0.3 is 5.97 Å². The van der Waals surface area contributed by atoms with Crippen molar-refractivity contribution in [3.63, 3.8) is 0 Å². The van der Waals surface area contributed by atoms with Crippen LogP contribution in [0.15, 0.2) is 66.7 Å². The summed E-state index contributed by atoms with van der Waals surface area (Å²) in [5.74, 6) is -0.731. The van der Waals surface area contributed by atoms with Crippen molar-refractivity contribution in [2.24, 2.45) is 0 Å². The number of rotatable bonds is 6. The Bertz CT molecular complexity index is 962. The number of benzene rings is 2. The molecule has 0 spiro atoms. The van der Waals surface area contributed by atoms with Crippen molar-refractivity contribution < 1.29 is 14.3 Å². The Morgan fingerprint density at radius 2 is 1.57 bits per heavy atom. The Morgan fingerprint density at radius 3 is 2.21 bits per heavy atom. The molecular weight excluding hydrogens is 352 g/mol. The highest BCUT2D eigenvalue weighted by Crippen LogP contribution is 2.21. The molecule has 0 unspecified atom stereocenters. The fourth-order valence-corrected chi connectivity index (χ4v) is 3.20. The Kier molecular flexibility index (Phi) is 5.94. The van der Waals surface area contributed by atoms with Crippen LogP contribution in [0.25, 0.3) is 5.69 Å². The maximum absolute atomic E-state index is 12.5. The molecule has 3 aromatic rings. The Morgan fingerprint density at radius 1 is 0.964 bits per heavy atom. The van der Waals surface area contributed by atoms with Gasteiger partial charge in [-0.05, 0) is 37.6 Å². The van der Waals surface area contributed by atoms with Gasteiger partial charge in [-0.25, -0.2) is 4.79 Å². The fourth-order valence-electron chi connectivity index (χ4n) is 3.20. The van der Waals surface area contributed by atoms with Crippen molar-refractivity contribution in [3.8, 4) is 5.69 Å². The number of hydrogen-bond acceptors (Lipinski definition) is 3. The van der Waals surface area contributed by atoms with E-state index in [-0.39, 0.29) is 12.5 Å². The van der Waals surface area contributed by atoms with E-state index in [1.807, 2.05) is 79.1 Å². The highest BCUT2D eigenvalue weighted by molar-refractivity contribution is 5.93. The normalized spacial score (nSPS) is 10.5. The third-order valence-corrected chi connectivity index (χ3v) is 4.68. The lowest BCUT2D eigenvalue weighted by Gasteiger charge is -2.17. The predicted octanol–water partition coefficient (Wildman–Crippen LogP) is 3.91. The van der Waals surface area contributed by atoms with Crippen LogP contribution in [0.2, 0.25) is 0 Å². The first-order valence-electron chi connectivity index (χ1n) is 9.16. The topological polar surface area (TPSA) is 51.5 Å². The van der Waals surface area contributed by atoms with Gasteiger partial charge in [0.15, 0.2) is 6.61 Å². The van der Waals surface area contributed by atoms with Crippen molar-refractivity contribution in [3.05, 3.63) is 89.2 Å². The van der Waals surface area contributed by atoms with E-state index in [1.54, 1.807) is 18.0 Å². The van der Waals surface area contributed by atoms with Crippen LogP contribution in [0, 0.1) is 13.8 Å². The number of nitrogens with zero attached hydrogens (tertiary/aromatic N) is 2. The Labute approximate surface area is 165 Å². The molecule has 0 saturated heterocycles. The average Bonchev–Trinajstić information content (AvgIpc) is 3.01. The number of aryl methyl sites for hydroxylation is 1. The molecule has 1 heterocycles. The molecule has 0 N–H and O–H groups in total. The molecule has 5 nitrogen and oxygen atoms in total. The van der Waals surface area contributed by atoms with Crippen LogP contribution in [-0.2, 0) is 16.1 Å². The first kappa shape index (κ1) is 19.4. The molecule has 0 aliphatic rings. The summed E-state index contributed by atoms with van der Waals surface area (Å²) < 4.78 is 7.29. The first-order chi connectivity index (χ1) is 13.5. The summed E-state index contributed by atoms with van der Waals surface area (Å²) in [4.78, 5) is 26.4. The summed E-state index contributed by atoms with van der Waals surface area (Å²) in [7, 11) is 1.70. The summed E-state index contributed by atoms with van der Waals surface area (Å²) in [6, 6.07) is 21.3. The van der Waals surface area contributed by atoms with Gasteiger partial charge in [-0.1, -0.05) is 48.5 Å². The summed E-state index contributed by atoms with van der Waals surface area (Å²) in [6.45, 7) is 4.01. The SMILES string of the molecule is Cc1cc(C(=O)OCC(=O)N(C)Cc2ccccc2)c(C)n1-c1ccccc1. The van der Waals surface area contributed by atoms with Crippen molar-refractivity contribution >= 4 is 11.9 Å². The minimum absolute atomic E-state index is 0.242. The van der Waals surface area contributed by atoms with E-state index in [2.05, 4.69) is 0 Å². The van der Waals surface area contributed by atoms with Gasteiger partial charge in [0.1, 0.15) is 0 Å². The van der Waals surface area contributed by atoms with Gasteiger partial charge in [0.05, 0.1) is 5.56 Å². The average molecular weight is 376 g/mol. The molecule has 28 heavy (non-hydrogen) atoms. The summed E-state index contributed by atoms with van der Waals surface area (Å²) in [6.07, 6.45) is 0. The Balaban J connectivity index is 1.64. The highest BCUT2D eigenvalue weighted by atomic mass is 16.5. The van der Waals surface area contributed by atoms with Gasteiger partial charge in [0.2, 0.25) is 0 Å². The van der Waals surface area contributed by atoms with Gasteiger partial charge < -0.3 is 14.2 Å². The van der Waals surface area contributed by atoms with E-state index in [0.29, 0.717) is 12.1 Å². The van der Waals surface area contributed by atoms with Crippen LogP contribution in [0.5, 0.6) is 0 Å². The van der Waals surface area contributed by atoms with E-state index < -0.39 is 5.97 Å². The van der Waals surface area contributed by atoms with Gasteiger partial charge in [0.25, 0.3) is 5.91 Å². The quantitative estimate of drug-likeness (QED) is 0.613. The van der Waals surface area contributed by atoms with Crippen LogP contribution < -0.4 is 0 Å². The number of aromatic nitrogens is 1. The van der Waals surface area contributed by atoms with Crippen LogP contribution in [0.4, 0.5) is 0 Å². The maximum atomic E-state index is 12.5. The molecule has 144 valence electrons. The number of esters is 1. The molecule has 1 amide bonds. The molecule has 0 saturated carbocycles. The third kappa shape index (κ3) is 4.31. The minimum Gasteiger partial charge on any atom is -0.452 e.